The lowest BCUT2D eigenvalue weighted by molar-refractivity contribution is 0.0600. The highest BCUT2D eigenvalue weighted by atomic mass is 19.1. The summed E-state index contributed by atoms with van der Waals surface area (Å²) in [5, 5.41) is 3.78. The van der Waals surface area contributed by atoms with E-state index in [0.29, 0.717) is 28.8 Å². The topological polar surface area (TPSA) is 64.1 Å². The van der Waals surface area contributed by atoms with Crippen LogP contribution in [0.2, 0.25) is 0 Å². The maximum Gasteiger partial charge on any atom is 0.337 e. The molecule has 1 heterocycles. The number of ether oxygens (including phenoxy) is 1. The summed E-state index contributed by atoms with van der Waals surface area (Å²) in [6.07, 6.45) is 1.43. The van der Waals surface area contributed by atoms with Crippen molar-refractivity contribution in [1.82, 2.24) is 9.97 Å². The third kappa shape index (κ3) is 3.26. The second kappa shape index (κ2) is 6.39. The van der Waals surface area contributed by atoms with E-state index in [-0.39, 0.29) is 11.8 Å². The molecule has 23 heavy (non-hydrogen) atoms. The highest BCUT2D eigenvalue weighted by Gasteiger charge is 2.06. The first-order valence-electron chi connectivity index (χ1n) is 6.99. The number of hydrogen-bond acceptors (Lipinski definition) is 5. The van der Waals surface area contributed by atoms with Gasteiger partial charge in [-0.15, -0.1) is 0 Å². The minimum Gasteiger partial charge on any atom is -0.465 e. The number of rotatable bonds is 4. The van der Waals surface area contributed by atoms with Crippen molar-refractivity contribution in [3.8, 4) is 0 Å². The lowest BCUT2D eigenvalue weighted by atomic mass is 10.1. The van der Waals surface area contributed by atoms with Crippen LogP contribution in [-0.4, -0.2) is 23.0 Å². The van der Waals surface area contributed by atoms with E-state index in [9.17, 15) is 9.18 Å². The van der Waals surface area contributed by atoms with E-state index in [2.05, 4.69) is 20.0 Å². The van der Waals surface area contributed by atoms with Gasteiger partial charge >= 0.3 is 5.97 Å². The standard InChI is InChI=1S/C17H14FN3O2/c1-23-17(22)12-4-2-11(3-5-12)9-19-16-14-8-13(18)6-7-15(14)20-10-21-16/h2-8,10H,9H2,1H3,(H,19,20,21). The second-order valence-corrected chi connectivity index (χ2v) is 4.93. The number of nitrogens with zero attached hydrogens (tertiary/aromatic N) is 2. The van der Waals surface area contributed by atoms with Crippen molar-refractivity contribution >= 4 is 22.7 Å². The van der Waals surface area contributed by atoms with Gasteiger partial charge < -0.3 is 10.1 Å². The van der Waals surface area contributed by atoms with Gasteiger partial charge in [0.05, 0.1) is 18.2 Å². The van der Waals surface area contributed by atoms with Crippen molar-refractivity contribution in [2.24, 2.45) is 0 Å². The van der Waals surface area contributed by atoms with Gasteiger partial charge in [0, 0.05) is 11.9 Å². The number of aromatic nitrogens is 2. The van der Waals surface area contributed by atoms with Crippen molar-refractivity contribution in [1.29, 1.82) is 0 Å². The molecule has 3 aromatic rings. The summed E-state index contributed by atoms with van der Waals surface area (Å²) in [6, 6.07) is 11.4. The summed E-state index contributed by atoms with van der Waals surface area (Å²) in [6.45, 7) is 0.490. The Balaban J connectivity index is 1.78. The van der Waals surface area contributed by atoms with Crippen LogP contribution in [0.25, 0.3) is 10.9 Å². The molecule has 6 heteroatoms. The Morgan fingerprint density at radius 2 is 1.96 bits per heavy atom. The molecule has 0 saturated carbocycles. The van der Waals surface area contributed by atoms with Crippen LogP contribution < -0.4 is 5.32 Å². The van der Waals surface area contributed by atoms with Crippen LogP contribution in [0, 0.1) is 5.82 Å². The summed E-state index contributed by atoms with van der Waals surface area (Å²) in [4.78, 5) is 19.7. The van der Waals surface area contributed by atoms with Crippen LogP contribution in [0.5, 0.6) is 0 Å². The van der Waals surface area contributed by atoms with E-state index in [4.69, 9.17) is 0 Å². The highest BCUT2D eigenvalue weighted by Crippen LogP contribution is 2.20. The fourth-order valence-electron chi connectivity index (χ4n) is 2.23. The number of carbonyl (C=O) groups is 1. The molecule has 0 amide bonds. The molecule has 0 saturated heterocycles. The Morgan fingerprint density at radius 1 is 1.17 bits per heavy atom. The molecular formula is C17H14FN3O2. The zero-order valence-electron chi connectivity index (χ0n) is 12.4. The molecule has 0 aliphatic heterocycles. The van der Waals surface area contributed by atoms with E-state index in [0.717, 1.165) is 5.56 Å². The number of halogens is 1. The molecule has 3 rings (SSSR count). The summed E-state index contributed by atoms with van der Waals surface area (Å²) < 4.78 is 18.1. The fraction of sp³-hybridized carbons (Fsp3) is 0.118. The minimum absolute atomic E-state index is 0.335. The number of nitrogens with one attached hydrogen (secondary N) is 1. The molecule has 0 fully saturated rings. The predicted molar refractivity (Wildman–Crippen MR) is 84.6 cm³/mol. The second-order valence-electron chi connectivity index (χ2n) is 4.93. The molecule has 0 aliphatic carbocycles. The largest absolute Gasteiger partial charge is 0.465 e. The first kappa shape index (κ1) is 14.9. The lowest BCUT2D eigenvalue weighted by Crippen LogP contribution is -2.04. The number of fused-ring (bicyclic) bond motifs is 1. The van der Waals surface area contributed by atoms with E-state index >= 15 is 0 Å². The van der Waals surface area contributed by atoms with E-state index in [1.54, 1.807) is 18.2 Å². The summed E-state index contributed by atoms with van der Waals surface area (Å²) in [5.74, 6) is -0.147. The molecule has 0 atom stereocenters. The monoisotopic (exact) mass is 311 g/mol. The molecule has 0 bridgehead atoms. The number of anilines is 1. The van der Waals surface area contributed by atoms with Crippen LogP contribution in [0.3, 0.4) is 0 Å². The number of carbonyl (C=O) groups excluding carboxylic acids is 1. The summed E-state index contributed by atoms with van der Waals surface area (Å²) >= 11 is 0. The average molecular weight is 311 g/mol. The van der Waals surface area contributed by atoms with Crippen molar-refractivity contribution in [3.63, 3.8) is 0 Å². The van der Waals surface area contributed by atoms with Crippen LogP contribution in [0.15, 0.2) is 48.8 Å². The number of benzene rings is 2. The fourth-order valence-corrected chi connectivity index (χ4v) is 2.23. The Morgan fingerprint density at radius 3 is 2.70 bits per heavy atom. The SMILES string of the molecule is COC(=O)c1ccc(CNc2ncnc3ccc(F)cc23)cc1. The third-order valence-corrected chi connectivity index (χ3v) is 3.43. The molecule has 0 spiro atoms. The maximum absolute atomic E-state index is 13.4. The molecule has 0 radical (unpaired) electrons. The van der Waals surface area contributed by atoms with Crippen LogP contribution >= 0.6 is 0 Å². The number of hydrogen-bond donors (Lipinski definition) is 1. The summed E-state index contributed by atoms with van der Waals surface area (Å²) in [7, 11) is 1.34. The summed E-state index contributed by atoms with van der Waals surface area (Å²) in [5.41, 5.74) is 2.12. The van der Waals surface area contributed by atoms with Crippen LogP contribution in [0.1, 0.15) is 15.9 Å². The molecule has 5 nitrogen and oxygen atoms in total. The van der Waals surface area contributed by atoms with Crippen molar-refractivity contribution in [2.45, 2.75) is 6.54 Å². The average Bonchev–Trinajstić information content (AvgIpc) is 2.59. The van der Waals surface area contributed by atoms with Gasteiger partial charge in [0.2, 0.25) is 0 Å². The van der Waals surface area contributed by atoms with Gasteiger partial charge in [0.1, 0.15) is 18.0 Å². The molecule has 116 valence electrons. The van der Waals surface area contributed by atoms with Gasteiger partial charge in [-0.1, -0.05) is 12.1 Å². The van der Waals surface area contributed by atoms with Gasteiger partial charge in [-0.05, 0) is 35.9 Å². The zero-order valence-corrected chi connectivity index (χ0v) is 12.4. The van der Waals surface area contributed by atoms with Crippen LogP contribution in [-0.2, 0) is 11.3 Å². The quantitative estimate of drug-likeness (QED) is 0.750. The molecule has 0 aliphatic rings. The van der Waals surface area contributed by atoms with E-state index in [1.165, 1.54) is 25.6 Å². The maximum atomic E-state index is 13.4. The Hall–Kier alpha value is -3.02. The normalized spacial score (nSPS) is 10.5. The Labute approximate surface area is 132 Å². The lowest BCUT2D eigenvalue weighted by Gasteiger charge is -2.09. The Kier molecular flexibility index (Phi) is 4.14. The molecule has 0 unspecified atom stereocenters. The van der Waals surface area contributed by atoms with Gasteiger partial charge in [0.15, 0.2) is 0 Å². The Bertz CT molecular complexity index is 850. The van der Waals surface area contributed by atoms with Gasteiger partial charge in [-0.2, -0.15) is 0 Å². The first-order chi connectivity index (χ1) is 11.2. The molecular weight excluding hydrogens is 297 g/mol. The third-order valence-electron chi connectivity index (χ3n) is 3.43. The number of methoxy groups -OCH3 is 1. The smallest absolute Gasteiger partial charge is 0.337 e. The van der Waals surface area contributed by atoms with E-state index < -0.39 is 0 Å². The van der Waals surface area contributed by atoms with Crippen LogP contribution in [0.4, 0.5) is 10.2 Å². The zero-order chi connectivity index (χ0) is 16.2. The molecule has 1 N–H and O–H groups in total. The van der Waals surface area contributed by atoms with Gasteiger partial charge in [0.25, 0.3) is 0 Å². The number of esters is 1. The highest BCUT2D eigenvalue weighted by molar-refractivity contribution is 5.89. The molecule has 1 aromatic heterocycles. The minimum atomic E-state index is -0.373. The van der Waals surface area contributed by atoms with Gasteiger partial charge in [-0.3, -0.25) is 0 Å². The first-order valence-corrected chi connectivity index (χ1v) is 6.99. The molecule has 2 aromatic carbocycles. The van der Waals surface area contributed by atoms with Crippen molar-refractivity contribution < 1.29 is 13.9 Å². The van der Waals surface area contributed by atoms with E-state index in [1.807, 2.05) is 12.1 Å². The van der Waals surface area contributed by atoms with Crippen molar-refractivity contribution in [2.75, 3.05) is 12.4 Å². The van der Waals surface area contributed by atoms with Crippen molar-refractivity contribution in [3.05, 3.63) is 65.7 Å². The predicted octanol–water partition coefficient (Wildman–Crippen LogP) is 3.17. The van der Waals surface area contributed by atoms with Gasteiger partial charge in [-0.25, -0.2) is 19.2 Å².